The Morgan fingerprint density at radius 1 is 1.27 bits per heavy atom. The van der Waals surface area contributed by atoms with Crippen LogP contribution in [0.5, 0.6) is 0 Å². The van der Waals surface area contributed by atoms with Crippen LogP contribution in [0, 0.1) is 0 Å². The van der Waals surface area contributed by atoms with Gasteiger partial charge in [-0.3, -0.25) is 9.80 Å². The second-order valence-electron chi connectivity index (χ2n) is 6.46. The number of anilines is 2. The zero-order chi connectivity index (χ0) is 15.9. The summed E-state index contributed by atoms with van der Waals surface area (Å²) in [5.74, 6) is 0. The summed E-state index contributed by atoms with van der Waals surface area (Å²) in [5, 5.41) is 0. The summed E-state index contributed by atoms with van der Waals surface area (Å²) < 4.78 is 10.4. The molecule has 0 aromatic heterocycles. The van der Waals surface area contributed by atoms with Crippen molar-refractivity contribution in [1.82, 2.24) is 0 Å². The Bertz CT molecular complexity index is 621. The Kier molecular flexibility index (Phi) is 3.47. The maximum atomic E-state index is 12.3. The van der Waals surface area contributed by atoms with Crippen molar-refractivity contribution in [3.8, 4) is 0 Å². The van der Waals surface area contributed by atoms with Crippen LogP contribution in [0.15, 0.2) is 18.2 Å². The highest BCUT2D eigenvalue weighted by molar-refractivity contribution is 5.94. The van der Waals surface area contributed by atoms with Crippen LogP contribution in [0.25, 0.3) is 0 Å². The van der Waals surface area contributed by atoms with Gasteiger partial charge in [0.1, 0.15) is 12.2 Å². The van der Waals surface area contributed by atoms with Gasteiger partial charge >= 0.3 is 12.2 Å². The molecular formula is C16H20N2O4. The molecule has 2 amide bonds. The minimum Gasteiger partial charge on any atom is -0.447 e. The molecule has 6 nitrogen and oxygen atoms in total. The lowest BCUT2D eigenvalue weighted by Gasteiger charge is -2.25. The molecule has 2 aliphatic heterocycles. The van der Waals surface area contributed by atoms with Gasteiger partial charge in [0.15, 0.2) is 0 Å². The van der Waals surface area contributed by atoms with E-state index in [4.69, 9.17) is 9.47 Å². The molecule has 6 heteroatoms. The number of benzene rings is 1. The Morgan fingerprint density at radius 3 is 2.68 bits per heavy atom. The fourth-order valence-electron chi connectivity index (χ4n) is 2.67. The number of rotatable bonds is 1. The maximum absolute atomic E-state index is 12.3. The first-order chi connectivity index (χ1) is 10.3. The highest BCUT2D eigenvalue weighted by Gasteiger charge is 2.31. The minimum atomic E-state index is -0.532. The number of cyclic esters (lactones) is 1. The molecule has 2 heterocycles. The molecule has 0 saturated carbocycles. The first-order valence-corrected chi connectivity index (χ1v) is 7.43. The van der Waals surface area contributed by atoms with Crippen molar-refractivity contribution in [3.05, 3.63) is 23.8 Å². The van der Waals surface area contributed by atoms with E-state index in [-0.39, 0.29) is 12.2 Å². The van der Waals surface area contributed by atoms with Gasteiger partial charge in [0.25, 0.3) is 0 Å². The van der Waals surface area contributed by atoms with E-state index in [1.807, 2.05) is 39.0 Å². The molecule has 0 unspecified atom stereocenters. The average Bonchev–Trinajstić information content (AvgIpc) is 3.01. The van der Waals surface area contributed by atoms with E-state index in [9.17, 15) is 9.59 Å². The number of carbonyl (C=O) groups excluding carboxylic acids is 2. The van der Waals surface area contributed by atoms with Crippen LogP contribution in [-0.2, 0) is 15.9 Å². The lowest BCUT2D eigenvalue weighted by molar-refractivity contribution is 0.0584. The second-order valence-corrected chi connectivity index (χ2v) is 6.46. The van der Waals surface area contributed by atoms with Crippen molar-refractivity contribution < 1.29 is 19.1 Å². The van der Waals surface area contributed by atoms with Gasteiger partial charge in [0.2, 0.25) is 0 Å². The Hall–Kier alpha value is -2.24. The third-order valence-electron chi connectivity index (χ3n) is 3.65. The van der Waals surface area contributed by atoms with Gasteiger partial charge in [0.05, 0.1) is 12.2 Å². The third kappa shape index (κ3) is 2.73. The monoisotopic (exact) mass is 304 g/mol. The number of fused-ring (bicyclic) bond motifs is 1. The van der Waals surface area contributed by atoms with Gasteiger partial charge in [-0.1, -0.05) is 6.07 Å². The van der Waals surface area contributed by atoms with E-state index in [0.29, 0.717) is 19.7 Å². The van der Waals surface area contributed by atoms with E-state index in [0.717, 1.165) is 23.4 Å². The lowest BCUT2D eigenvalue weighted by atomic mass is 10.1. The zero-order valence-corrected chi connectivity index (χ0v) is 13.1. The summed E-state index contributed by atoms with van der Waals surface area (Å²) >= 11 is 0. The van der Waals surface area contributed by atoms with Crippen molar-refractivity contribution in [2.45, 2.75) is 32.8 Å². The van der Waals surface area contributed by atoms with Crippen LogP contribution in [0.1, 0.15) is 26.3 Å². The average molecular weight is 304 g/mol. The normalized spacial score (nSPS) is 17.5. The number of amides is 2. The lowest BCUT2D eigenvalue weighted by Crippen LogP contribution is -2.35. The molecule has 0 aliphatic carbocycles. The molecule has 1 fully saturated rings. The third-order valence-corrected chi connectivity index (χ3v) is 3.65. The molecule has 0 bridgehead atoms. The molecule has 1 saturated heterocycles. The predicted molar refractivity (Wildman–Crippen MR) is 82.4 cm³/mol. The van der Waals surface area contributed by atoms with E-state index in [1.165, 1.54) is 0 Å². The van der Waals surface area contributed by atoms with Gasteiger partial charge < -0.3 is 9.47 Å². The van der Waals surface area contributed by atoms with Crippen molar-refractivity contribution in [1.29, 1.82) is 0 Å². The van der Waals surface area contributed by atoms with Crippen LogP contribution in [0.4, 0.5) is 21.0 Å². The molecule has 0 radical (unpaired) electrons. The second kappa shape index (κ2) is 5.19. The van der Waals surface area contributed by atoms with Gasteiger partial charge in [-0.05, 0) is 44.9 Å². The number of ether oxygens (including phenoxy) is 2. The highest BCUT2D eigenvalue weighted by atomic mass is 16.6. The van der Waals surface area contributed by atoms with E-state index < -0.39 is 5.60 Å². The quantitative estimate of drug-likeness (QED) is 0.800. The molecule has 2 aliphatic rings. The first-order valence-electron chi connectivity index (χ1n) is 7.43. The summed E-state index contributed by atoms with van der Waals surface area (Å²) in [4.78, 5) is 27.2. The summed E-state index contributed by atoms with van der Waals surface area (Å²) in [7, 11) is 0. The largest absolute Gasteiger partial charge is 0.447 e. The van der Waals surface area contributed by atoms with Crippen molar-refractivity contribution in [2.75, 3.05) is 29.5 Å². The van der Waals surface area contributed by atoms with E-state index in [2.05, 4.69) is 0 Å². The van der Waals surface area contributed by atoms with Crippen LogP contribution in [0.2, 0.25) is 0 Å². The standard InChI is InChI=1S/C16H20N2O4/c1-16(2,3)22-15(20)18-7-6-11-4-5-12(10-13(11)18)17-8-9-21-14(17)19/h4-5,10H,6-9H2,1-3H3. The number of hydrogen-bond acceptors (Lipinski definition) is 4. The summed E-state index contributed by atoms with van der Waals surface area (Å²) in [5.41, 5.74) is 2.11. The predicted octanol–water partition coefficient (Wildman–Crippen LogP) is 2.94. The van der Waals surface area contributed by atoms with E-state index in [1.54, 1.807) is 9.80 Å². The fourth-order valence-corrected chi connectivity index (χ4v) is 2.67. The SMILES string of the molecule is CC(C)(C)OC(=O)N1CCc2ccc(N3CCOC3=O)cc21. The summed E-state index contributed by atoms with van der Waals surface area (Å²) in [6, 6.07) is 5.71. The molecule has 0 N–H and O–H groups in total. The van der Waals surface area contributed by atoms with Crippen LogP contribution in [-0.4, -0.2) is 37.5 Å². The van der Waals surface area contributed by atoms with Crippen LogP contribution in [0.3, 0.4) is 0 Å². The fraction of sp³-hybridized carbons (Fsp3) is 0.500. The first kappa shape index (κ1) is 14.7. The van der Waals surface area contributed by atoms with Gasteiger partial charge in [-0.15, -0.1) is 0 Å². The highest BCUT2D eigenvalue weighted by Crippen LogP contribution is 2.34. The van der Waals surface area contributed by atoms with Gasteiger partial charge in [0, 0.05) is 12.2 Å². The van der Waals surface area contributed by atoms with Gasteiger partial charge in [-0.25, -0.2) is 9.59 Å². The minimum absolute atomic E-state index is 0.346. The van der Waals surface area contributed by atoms with Crippen LogP contribution < -0.4 is 9.80 Å². The summed E-state index contributed by atoms with van der Waals surface area (Å²) in [6.45, 7) is 7.06. The number of carbonyl (C=O) groups is 2. The van der Waals surface area contributed by atoms with E-state index >= 15 is 0 Å². The van der Waals surface area contributed by atoms with Crippen molar-refractivity contribution in [3.63, 3.8) is 0 Å². The molecule has 22 heavy (non-hydrogen) atoms. The van der Waals surface area contributed by atoms with Crippen LogP contribution >= 0.6 is 0 Å². The Labute approximate surface area is 129 Å². The topological polar surface area (TPSA) is 59.1 Å². The molecule has 0 spiro atoms. The van der Waals surface area contributed by atoms with Gasteiger partial charge in [-0.2, -0.15) is 0 Å². The molecule has 3 rings (SSSR count). The molecular weight excluding hydrogens is 284 g/mol. The zero-order valence-electron chi connectivity index (χ0n) is 13.1. The Morgan fingerprint density at radius 2 is 2.05 bits per heavy atom. The smallest absolute Gasteiger partial charge is 0.414 e. The Balaban J connectivity index is 1.86. The summed E-state index contributed by atoms with van der Waals surface area (Å²) in [6.07, 6.45) is 0.0911. The maximum Gasteiger partial charge on any atom is 0.414 e. The molecule has 1 aromatic rings. The molecule has 1 aromatic carbocycles. The van der Waals surface area contributed by atoms with Crippen molar-refractivity contribution in [2.24, 2.45) is 0 Å². The molecule has 0 atom stereocenters. The number of nitrogens with zero attached hydrogens (tertiary/aromatic N) is 2. The molecule has 118 valence electrons. The number of hydrogen-bond donors (Lipinski definition) is 0. The van der Waals surface area contributed by atoms with Crippen molar-refractivity contribution >= 4 is 23.6 Å².